The van der Waals surface area contributed by atoms with Crippen LogP contribution in [0.25, 0.3) is 111 Å². The molecule has 0 bridgehead atoms. The van der Waals surface area contributed by atoms with Crippen LogP contribution in [0.2, 0.25) is 0 Å². The molecule has 5 heteroatoms. The van der Waals surface area contributed by atoms with Gasteiger partial charge in [-0.25, -0.2) is 9.97 Å². The highest BCUT2D eigenvalue weighted by Gasteiger charge is 2.23. The van der Waals surface area contributed by atoms with Gasteiger partial charge in [-0.3, -0.25) is 4.57 Å². The molecule has 12 rings (SSSR count). The van der Waals surface area contributed by atoms with E-state index in [-0.39, 0.29) is 0 Å². The Hall–Kier alpha value is -7.76. The molecule has 4 aromatic heterocycles. The first-order chi connectivity index (χ1) is 28.3. The fourth-order valence-corrected chi connectivity index (χ4v) is 8.79. The quantitative estimate of drug-likeness (QED) is 0.177. The highest BCUT2D eigenvalue weighted by atomic mass is 16.3. The Kier molecular flexibility index (Phi) is 6.86. The Labute approximate surface area is 327 Å². The van der Waals surface area contributed by atoms with Crippen molar-refractivity contribution in [2.45, 2.75) is 0 Å². The van der Waals surface area contributed by atoms with E-state index in [9.17, 15) is 0 Å². The predicted molar refractivity (Wildman–Crippen MR) is 234 cm³/mol. The lowest BCUT2D eigenvalue weighted by molar-refractivity contribution is 0.669. The smallest absolute Gasteiger partial charge is 0.165 e. The van der Waals surface area contributed by atoms with E-state index in [1.165, 1.54) is 16.3 Å². The molecule has 0 radical (unpaired) electrons. The number of aromatic nitrogens is 4. The maximum absolute atomic E-state index is 6.59. The van der Waals surface area contributed by atoms with E-state index in [4.69, 9.17) is 14.4 Å². The van der Waals surface area contributed by atoms with Crippen molar-refractivity contribution >= 4 is 65.6 Å². The summed E-state index contributed by atoms with van der Waals surface area (Å²) in [5.74, 6) is 1.37. The summed E-state index contributed by atoms with van der Waals surface area (Å²) in [4.78, 5) is 10.8. The molecule has 0 fully saturated rings. The first-order valence-electron chi connectivity index (χ1n) is 19.3. The van der Waals surface area contributed by atoms with Crippen LogP contribution < -0.4 is 0 Å². The summed E-state index contributed by atoms with van der Waals surface area (Å²) in [7, 11) is 0. The van der Waals surface area contributed by atoms with Gasteiger partial charge in [0.25, 0.3) is 0 Å². The number of benzene rings is 8. The molecule has 0 aliphatic heterocycles. The number of hydrogen-bond acceptors (Lipinski definition) is 3. The molecular weight excluding hydrogens is 697 g/mol. The highest BCUT2D eigenvalue weighted by molar-refractivity contribution is 6.23. The molecule has 0 saturated heterocycles. The van der Waals surface area contributed by atoms with Gasteiger partial charge < -0.3 is 8.98 Å². The number of para-hydroxylation sites is 5. The van der Waals surface area contributed by atoms with Gasteiger partial charge in [-0.2, -0.15) is 0 Å². The second-order valence-electron chi connectivity index (χ2n) is 14.6. The van der Waals surface area contributed by atoms with Crippen LogP contribution in [0, 0.1) is 0 Å². The van der Waals surface area contributed by atoms with Gasteiger partial charge in [0.15, 0.2) is 5.82 Å². The maximum Gasteiger partial charge on any atom is 0.165 e. The monoisotopic (exact) mass is 728 g/mol. The molecule has 0 N–H and O–H groups in total. The third-order valence-corrected chi connectivity index (χ3v) is 11.4. The SMILES string of the molecule is c1ccc(-c2ccc(-c3cc(-n4c5ccccc5c5ccc6c7ccccc7n(-c7ccccc7)c6c54)nc(-c4cccc5c4oc4ccccc45)n3)cc2)cc1. The summed E-state index contributed by atoms with van der Waals surface area (Å²) in [6.45, 7) is 0. The van der Waals surface area contributed by atoms with Crippen LogP contribution in [0.3, 0.4) is 0 Å². The molecule has 8 aromatic carbocycles. The third-order valence-electron chi connectivity index (χ3n) is 11.4. The van der Waals surface area contributed by atoms with E-state index in [0.717, 1.165) is 88.7 Å². The average Bonchev–Trinajstić information content (AvgIpc) is 3.95. The molecule has 266 valence electrons. The summed E-state index contributed by atoms with van der Waals surface area (Å²) in [6, 6.07) is 68.3. The Morgan fingerprint density at radius 2 is 0.947 bits per heavy atom. The maximum atomic E-state index is 6.59. The molecule has 57 heavy (non-hydrogen) atoms. The van der Waals surface area contributed by atoms with Crippen LogP contribution in [0.1, 0.15) is 0 Å². The minimum atomic E-state index is 0.598. The van der Waals surface area contributed by atoms with Crippen LogP contribution >= 0.6 is 0 Å². The summed E-state index contributed by atoms with van der Waals surface area (Å²) in [5, 5.41) is 6.81. The molecule has 0 saturated carbocycles. The number of rotatable bonds is 5. The molecule has 4 heterocycles. The summed E-state index contributed by atoms with van der Waals surface area (Å²) in [5.41, 5.74) is 12.2. The van der Waals surface area contributed by atoms with Crippen molar-refractivity contribution in [1.82, 2.24) is 19.1 Å². The Balaban J connectivity index is 1.20. The molecule has 0 unspecified atom stereocenters. The van der Waals surface area contributed by atoms with Crippen LogP contribution in [0.4, 0.5) is 0 Å². The van der Waals surface area contributed by atoms with Crippen molar-refractivity contribution in [3.05, 3.63) is 194 Å². The van der Waals surface area contributed by atoms with Crippen molar-refractivity contribution < 1.29 is 4.42 Å². The van der Waals surface area contributed by atoms with E-state index < -0.39 is 0 Å². The average molecular weight is 729 g/mol. The number of hydrogen-bond donors (Lipinski definition) is 0. The van der Waals surface area contributed by atoms with Crippen molar-refractivity contribution in [2.24, 2.45) is 0 Å². The fourth-order valence-electron chi connectivity index (χ4n) is 8.79. The van der Waals surface area contributed by atoms with Gasteiger partial charge in [-0.05, 0) is 47.5 Å². The second-order valence-corrected chi connectivity index (χ2v) is 14.6. The summed E-state index contributed by atoms with van der Waals surface area (Å²) in [6.07, 6.45) is 0. The Bertz CT molecular complexity index is 3500. The largest absolute Gasteiger partial charge is 0.455 e. The first-order valence-corrected chi connectivity index (χ1v) is 19.3. The molecule has 0 aliphatic rings. The summed E-state index contributed by atoms with van der Waals surface area (Å²) >= 11 is 0. The van der Waals surface area contributed by atoms with Crippen LogP contribution in [-0.2, 0) is 0 Å². The number of nitrogens with zero attached hydrogens (tertiary/aromatic N) is 4. The normalized spacial score (nSPS) is 11.9. The predicted octanol–water partition coefficient (Wildman–Crippen LogP) is 13.6. The number of furan rings is 1. The number of fused-ring (bicyclic) bond motifs is 10. The van der Waals surface area contributed by atoms with Crippen molar-refractivity contribution in [2.75, 3.05) is 0 Å². The molecule has 0 amide bonds. The van der Waals surface area contributed by atoms with Crippen LogP contribution in [0.5, 0.6) is 0 Å². The topological polar surface area (TPSA) is 48.8 Å². The Morgan fingerprint density at radius 3 is 1.68 bits per heavy atom. The molecule has 0 spiro atoms. The van der Waals surface area contributed by atoms with Gasteiger partial charge in [0, 0.05) is 49.6 Å². The zero-order valence-corrected chi connectivity index (χ0v) is 30.7. The minimum absolute atomic E-state index is 0.598. The third kappa shape index (κ3) is 4.82. The molecule has 0 aliphatic carbocycles. The molecule has 0 atom stereocenters. The van der Waals surface area contributed by atoms with Gasteiger partial charge in [0.05, 0.1) is 33.3 Å². The van der Waals surface area contributed by atoms with E-state index in [1.807, 2.05) is 18.2 Å². The van der Waals surface area contributed by atoms with Gasteiger partial charge >= 0.3 is 0 Å². The first kappa shape index (κ1) is 31.6. The lowest BCUT2D eigenvalue weighted by Crippen LogP contribution is -2.04. The van der Waals surface area contributed by atoms with Gasteiger partial charge in [0.1, 0.15) is 17.0 Å². The zero-order valence-electron chi connectivity index (χ0n) is 30.7. The summed E-state index contributed by atoms with van der Waals surface area (Å²) < 4.78 is 11.3. The van der Waals surface area contributed by atoms with Gasteiger partial charge in [0.2, 0.25) is 0 Å². The van der Waals surface area contributed by atoms with E-state index >= 15 is 0 Å². The Morgan fingerprint density at radius 1 is 0.386 bits per heavy atom. The van der Waals surface area contributed by atoms with Gasteiger partial charge in [-0.15, -0.1) is 0 Å². The fraction of sp³-hybridized carbons (Fsp3) is 0. The van der Waals surface area contributed by atoms with E-state index in [0.29, 0.717) is 5.82 Å². The minimum Gasteiger partial charge on any atom is -0.455 e. The highest BCUT2D eigenvalue weighted by Crippen LogP contribution is 2.42. The standard InChI is InChI=1S/C52H32N4O/c1-3-14-33(15-4-1)34-26-28-35(29-27-34)44-32-48(54-52(53-44)43-22-13-21-42-39-20-9-12-25-47(39)57-51(42)43)56-46-24-11-8-19-38(46)41-31-30-40-37-18-7-10-23-45(37)55(49(40)50(41)56)36-16-5-2-6-17-36/h1-32H. The second kappa shape index (κ2) is 12.4. The van der Waals surface area contributed by atoms with Crippen molar-refractivity contribution in [3.63, 3.8) is 0 Å². The van der Waals surface area contributed by atoms with E-state index in [1.54, 1.807) is 0 Å². The van der Waals surface area contributed by atoms with Crippen molar-refractivity contribution in [1.29, 1.82) is 0 Å². The van der Waals surface area contributed by atoms with Crippen LogP contribution in [0.15, 0.2) is 199 Å². The molecule has 12 aromatic rings. The lowest BCUT2D eigenvalue weighted by atomic mass is 10.0. The van der Waals surface area contributed by atoms with Gasteiger partial charge in [-0.1, -0.05) is 152 Å². The van der Waals surface area contributed by atoms with E-state index in [2.05, 4.69) is 185 Å². The molecule has 5 nitrogen and oxygen atoms in total. The lowest BCUT2D eigenvalue weighted by Gasteiger charge is -2.14. The van der Waals surface area contributed by atoms with Crippen molar-refractivity contribution in [3.8, 4) is 45.3 Å². The zero-order chi connectivity index (χ0) is 37.5. The van der Waals surface area contributed by atoms with Crippen LogP contribution in [-0.4, -0.2) is 19.1 Å². The molecular formula is C52H32N4O.